The zero-order chi connectivity index (χ0) is 11.6. The molecule has 3 N–H and O–H groups in total. The smallest absolute Gasteiger partial charge is 0.266 e. The summed E-state index contributed by atoms with van der Waals surface area (Å²) < 4.78 is 76.5. The Balaban J connectivity index is 4.73. The highest BCUT2D eigenvalue weighted by Gasteiger charge is 2.27. The lowest BCUT2D eigenvalue weighted by Gasteiger charge is -2.08. The van der Waals surface area contributed by atoms with Gasteiger partial charge in [0.05, 0.1) is 16.8 Å². The molecule has 0 spiro atoms. The van der Waals surface area contributed by atoms with E-state index in [1.807, 2.05) is 0 Å². The lowest BCUT2D eigenvalue weighted by molar-refractivity contribution is 0.472. The topological polar surface area (TPSA) is 146 Å². The molecule has 86 valence electrons. The van der Waals surface area contributed by atoms with Gasteiger partial charge in [0.15, 0.2) is 11.1 Å². The molecule has 0 aliphatic carbocycles. The molecule has 0 amide bonds. The van der Waals surface area contributed by atoms with Crippen molar-refractivity contribution in [3.05, 3.63) is 0 Å². The summed E-state index contributed by atoms with van der Waals surface area (Å²) in [6.07, 6.45) is 0. The van der Waals surface area contributed by atoms with E-state index < -0.39 is 48.1 Å². The van der Waals surface area contributed by atoms with Crippen LogP contribution in [0.3, 0.4) is 0 Å². The highest BCUT2D eigenvalue weighted by Crippen LogP contribution is 2.02. The molecule has 0 bridgehead atoms. The van der Waals surface area contributed by atoms with Gasteiger partial charge in [0.2, 0.25) is 0 Å². The van der Waals surface area contributed by atoms with Crippen LogP contribution in [0, 0.1) is 0 Å². The maximum Gasteiger partial charge on any atom is 0.266 e. The predicted octanol–water partition coefficient (Wildman–Crippen LogP) is -1.65. The van der Waals surface area contributed by atoms with Gasteiger partial charge in [-0.1, -0.05) is 0 Å². The first kappa shape index (κ1) is 13.9. The Morgan fingerprint density at radius 3 is 1.43 bits per heavy atom. The van der Waals surface area contributed by atoms with Gasteiger partial charge in [-0.2, -0.15) is 16.8 Å². The van der Waals surface area contributed by atoms with Crippen molar-refractivity contribution in [3.63, 3.8) is 0 Å². The molecule has 0 aliphatic rings. The molecule has 0 saturated heterocycles. The van der Waals surface area contributed by atoms with Crippen molar-refractivity contribution in [1.29, 1.82) is 0 Å². The molecule has 0 aliphatic heterocycles. The van der Waals surface area contributed by atoms with Gasteiger partial charge >= 0.3 is 0 Å². The molecule has 11 heteroatoms. The number of rotatable bonds is 5. The average Bonchev–Trinajstić information content (AvgIpc) is 1.78. The van der Waals surface area contributed by atoms with Crippen LogP contribution in [0.1, 0.15) is 0 Å². The first-order valence-electron chi connectivity index (χ1n) is 3.01. The highest BCUT2D eigenvalue weighted by atomic mass is 32.2. The Bertz CT molecular complexity index is 369. The molecular formula is C3H8O8S3. The minimum absolute atomic E-state index is 1.21. The molecule has 1 unspecified atom stereocenters. The van der Waals surface area contributed by atoms with Gasteiger partial charge in [0, 0.05) is 0 Å². The van der Waals surface area contributed by atoms with Crippen LogP contribution >= 0.6 is 0 Å². The maximum absolute atomic E-state index is 10.4. The maximum atomic E-state index is 10.4. The van der Waals surface area contributed by atoms with Gasteiger partial charge in [-0.05, 0) is 0 Å². The van der Waals surface area contributed by atoms with Crippen LogP contribution in [0.2, 0.25) is 0 Å². The quantitative estimate of drug-likeness (QED) is 0.397. The van der Waals surface area contributed by atoms with Crippen LogP contribution in [-0.4, -0.2) is 51.5 Å². The summed E-state index contributed by atoms with van der Waals surface area (Å²) >= 11 is -2.77. The third kappa shape index (κ3) is 7.34. The Kier molecular flexibility index (Phi) is 4.61. The minimum atomic E-state index is -4.57. The molecular weight excluding hydrogens is 260 g/mol. The zero-order valence-electron chi connectivity index (χ0n) is 6.60. The van der Waals surface area contributed by atoms with E-state index >= 15 is 0 Å². The first-order valence-corrected chi connectivity index (χ1v) is 7.40. The lowest BCUT2D eigenvalue weighted by Crippen LogP contribution is -2.32. The Hall–Kier alpha value is -0.0700. The van der Waals surface area contributed by atoms with Gasteiger partial charge in [-0.15, -0.1) is 0 Å². The lowest BCUT2D eigenvalue weighted by atomic mass is 10.6. The van der Waals surface area contributed by atoms with Crippen LogP contribution in [-0.2, 0) is 31.3 Å². The fourth-order valence-electron chi connectivity index (χ4n) is 0.634. The van der Waals surface area contributed by atoms with Gasteiger partial charge in [0.1, 0.15) is 0 Å². The van der Waals surface area contributed by atoms with E-state index in [-0.39, 0.29) is 0 Å². The number of hydrogen-bond donors (Lipinski definition) is 3. The molecule has 0 aromatic heterocycles. The van der Waals surface area contributed by atoms with E-state index in [9.17, 15) is 21.0 Å². The molecule has 8 nitrogen and oxygen atoms in total. The fraction of sp³-hybridized carbons (Fsp3) is 1.00. The van der Waals surface area contributed by atoms with Crippen molar-refractivity contribution in [2.75, 3.05) is 11.5 Å². The second-order valence-corrected chi connectivity index (χ2v) is 6.61. The van der Waals surface area contributed by atoms with Crippen LogP contribution in [0.15, 0.2) is 0 Å². The Morgan fingerprint density at radius 1 is 1.00 bits per heavy atom. The van der Waals surface area contributed by atoms with Crippen molar-refractivity contribution >= 4 is 31.3 Å². The number of hydrogen-bond acceptors (Lipinski definition) is 5. The van der Waals surface area contributed by atoms with E-state index in [1.165, 1.54) is 0 Å². The summed E-state index contributed by atoms with van der Waals surface area (Å²) in [5.41, 5.74) is 0. The predicted molar refractivity (Wildman–Crippen MR) is 47.4 cm³/mol. The van der Waals surface area contributed by atoms with Gasteiger partial charge in [0.25, 0.3) is 20.2 Å². The zero-order valence-corrected chi connectivity index (χ0v) is 9.05. The monoisotopic (exact) mass is 268 g/mol. The minimum Gasteiger partial charge on any atom is -0.306 e. The Labute approximate surface area is 83.1 Å². The third-order valence-corrected chi connectivity index (χ3v) is 4.05. The summed E-state index contributed by atoms with van der Waals surface area (Å²) in [5, 5.41) is -1.78. The van der Waals surface area contributed by atoms with Crippen molar-refractivity contribution in [3.8, 4) is 0 Å². The molecule has 0 rings (SSSR count). The molecule has 0 aromatic carbocycles. The second-order valence-electron chi connectivity index (χ2n) is 2.40. The summed E-state index contributed by atoms with van der Waals surface area (Å²) in [7, 11) is -9.14. The summed E-state index contributed by atoms with van der Waals surface area (Å²) in [4.78, 5) is 0. The van der Waals surface area contributed by atoms with Gasteiger partial charge < -0.3 is 4.55 Å². The van der Waals surface area contributed by atoms with Gasteiger partial charge in [-0.3, -0.25) is 9.11 Å². The van der Waals surface area contributed by atoms with E-state index in [0.717, 1.165) is 0 Å². The standard InChI is InChI=1S/C3H8O8S3/c4-12(5)3(1-13(6,7)8)2-14(9,10)11/h3H,1-2H2,(H,4,5)(H,6,7,8)(H,9,10,11). The fourth-order valence-corrected chi connectivity index (χ4v) is 3.92. The summed E-state index contributed by atoms with van der Waals surface area (Å²) in [6, 6.07) is 0. The van der Waals surface area contributed by atoms with Crippen molar-refractivity contribution in [2.24, 2.45) is 0 Å². The Morgan fingerprint density at radius 2 is 1.29 bits per heavy atom. The summed E-state index contributed by atoms with van der Waals surface area (Å²) in [6.45, 7) is 0. The SMILES string of the molecule is O=S(O)C(CS(=O)(=O)O)CS(=O)(=O)O. The van der Waals surface area contributed by atoms with Crippen LogP contribution < -0.4 is 0 Å². The summed E-state index contributed by atoms with van der Waals surface area (Å²) in [5.74, 6) is -2.42. The molecule has 0 radical (unpaired) electrons. The molecule has 0 saturated carbocycles. The molecule has 0 heterocycles. The highest BCUT2D eigenvalue weighted by molar-refractivity contribution is 7.89. The molecule has 0 aromatic rings. The van der Waals surface area contributed by atoms with E-state index in [2.05, 4.69) is 0 Å². The normalized spacial score (nSPS) is 15.7. The second kappa shape index (κ2) is 4.63. The van der Waals surface area contributed by atoms with Crippen LogP contribution in [0.4, 0.5) is 0 Å². The molecule has 0 fully saturated rings. The van der Waals surface area contributed by atoms with Crippen molar-refractivity contribution < 1.29 is 34.7 Å². The molecule has 14 heavy (non-hydrogen) atoms. The third-order valence-electron chi connectivity index (χ3n) is 1.08. The van der Waals surface area contributed by atoms with Crippen molar-refractivity contribution in [1.82, 2.24) is 0 Å². The van der Waals surface area contributed by atoms with Crippen LogP contribution in [0.5, 0.6) is 0 Å². The van der Waals surface area contributed by atoms with E-state index in [0.29, 0.717) is 0 Å². The largest absolute Gasteiger partial charge is 0.306 e. The van der Waals surface area contributed by atoms with Gasteiger partial charge in [-0.25, -0.2) is 4.21 Å². The average molecular weight is 268 g/mol. The molecule has 1 atom stereocenters. The van der Waals surface area contributed by atoms with Crippen LogP contribution in [0.25, 0.3) is 0 Å². The van der Waals surface area contributed by atoms with Crippen molar-refractivity contribution in [2.45, 2.75) is 5.25 Å². The first-order chi connectivity index (χ1) is 6.01. The van der Waals surface area contributed by atoms with E-state index in [4.69, 9.17) is 13.7 Å². The van der Waals surface area contributed by atoms with E-state index in [1.54, 1.807) is 0 Å².